The number of hydrogen-bond acceptors (Lipinski definition) is 6. The van der Waals surface area contributed by atoms with Crippen LogP contribution in [-0.2, 0) is 18.6 Å². The van der Waals surface area contributed by atoms with Gasteiger partial charge in [0.15, 0.2) is 0 Å². The van der Waals surface area contributed by atoms with Gasteiger partial charge in [-0.3, -0.25) is 0 Å². The number of aryl methyl sites for hydroxylation is 4. The molecule has 3 rings (SSSR count). The lowest BCUT2D eigenvalue weighted by Crippen LogP contribution is -1.90. The Labute approximate surface area is 139 Å². The van der Waals surface area contributed by atoms with Crippen LogP contribution in [-0.4, -0.2) is 15.2 Å². The van der Waals surface area contributed by atoms with Gasteiger partial charge < -0.3 is 8.83 Å². The Hall–Kier alpha value is -2.08. The molecule has 1 aromatic carbocycles. The van der Waals surface area contributed by atoms with Gasteiger partial charge in [0, 0.05) is 6.42 Å². The van der Waals surface area contributed by atoms with Crippen molar-refractivity contribution in [2.45, 2.75) is 44.1 Å². The van der Waals surface area contributed by atoms with E-state index in [0.717, 1.165) is 30.7 Å². The van der Waals surface area contributed by atoms with E-state index in [4.69, 9.17) is 8.83 Å². The van der Waals surface area contributed by atoms with Crippen molar-refractivity contribution in [3.05, 3.63) is 59.1 Å². The van der Waals surface area contributed by atoms with E-state index >= 15 is 0 Å². The molecule has 23 heavy (non-hydrogen) atoms. The summed E-state index contributed by atoms with van der Waals surface area (Å²) in [5.41, 5.74) is 2.25. The molecule has 2 heterocycles. The molecule has 0 aliphatic carbocycles. The topological polar surface area (TPSA) is 65.0 Å². The molecule has 0 N–H and O–H groups in total. The summed E-state index contributed by atoms with van der Waals surface area (Å²) in [6, 6.07) is 10.4. The van der Waals surface area contributed by atoms with E-state index in [1.54, 1.807) is 0 Å². The Morgan fingerprint density at radius 3 is 2.52 bits per heavy atom. The second-order valence-corrected chi connectivity index (χ2v) is 6.27. The first-order chi connectivity index (χ1) is 11.2. The monoisotopic (exact) mass is 329 g/mol. The second kappa shape index (κ2) is 7.46. The predicted octanol–water partition coefficient (Wildman–Crippen LogP) is 4.14. The molecule has 0 fully saturated rings. The molecule has 0 saturated carbocycles. The fourth-order valence-corrected chi connectivity index (χ4v) is 2.83. The van der Waals surface area contributed by atoms with Crippen LogP contribution in [0.2, 0.25) is 0 Å². The highest BCUT2D eigenvalue weighted by molar-refractivity contribution is 7.98. The Bertz CT molecular complexity index is 733. The van der Waals surface area contributed by atoms with Gasteiger partial charge in [-0.05, 0) is 32.3 Å². The van der Waals surface area contributed by atoms with Gasteiger partial charge >= 0.3 is 0 Å². The molecule has 0 saturated heterocycles. The van der Waals surface area contributed by atoms with Crippen molar-refractivity contribution in [1.29, 1.82) is 0 Å². The van der Waals surface area contributed by atoms with Crippen LogP contribution in [0.5, 0.6) is 0 Å². The lowest BCUT2D eigenvalue weighted by atomic mass is 10.1. The summed E-state index contributed by atoms with van der Waals surface area (Å²) in [5, 5.41) is 8.72. The van der Waals surface area contributed by atoms with Crippen molar-refractivity contribution in [2.24, 2.45) is 0 Å². The van der Waals surface area contributed by atoms with Gasteiger partial charge in [0.1, 0.15) is 5.76 Å². The minimum absolute atomic E-state index is 0.563. The van der Waals surface area contributed by atoms with Crippen LogP contribution in [0.1, 0.15) is 35.2 Å². The van der Waals surface area contributed by atoms with Gasteiger partial charge in [0.2, 0.25) is 11.8 Å². The third-order valence-electron chi connectivity index (χ3n) is 3.54. The largest absolute Gasteiger partial charge is 0.445 e. The number of hydrogen-bond donors (Lipinski definition) is 0. The van der Waals surface area contributed by atoms with Gasteiger partial charge in [-0.1, -0.05) is 42.1 Å². The molecule has 3 aromatic rings. The Kier molecular flexibility index (Phi) is 5.12. The maximum absolute atomic E-state index is 5.65. The number of rotatable bonds is 7. The van der Waals surface area contributed by atoms with Gasteiger partial charge in [0.25, 0.3) is 5.22 Å². The number of nitrogens with zero attached hydrogens (tertiary/aromatic N) is 3. The van der Waals surface area contributed by atoms with E-state index in [1.165, 1.54) is 17.3 Å². The number of benzene rings is 1. The Morgan fingerprint density at radius 2 is 1.78 bits per heavy atom. The maximum atomic E-state index is 5.65. The van der Waals surface area contributed by atoms with Crippen molar-refractivity contribution in [3.8, 4) is 0 Å². The summed E-state index contributed by atoms with van der Waals surface area (Å²) in [6.07, 6.45) is 2.80. The highest BCUT2D eigenvalue weighted by Gasteiger charge is 2.10. The predicted molar refractivity (Wildman–Crippen MR) is 88.3 cm³/mol. The van der Waals surface area contributed by atoms with E-state index in [2.05, 4.69) is 39.4 Å². The molecule has 5 nitrogen and oxygen atoms in total. The van der Waals surface area contributed by atoms with Gasteiger partial charge in [-0.15, -0.1) is 10.2 Å². The van der Waals surface area contributed by atoms with Crippen molar-refractivity contribution in [2.75, 3.05) is 0 Å². The first kappa shape index (κ1) is 15.8. The standard InChI is InChI=1S/C17H19N3O2S/c1-12-13(2)21-16(18-12)11-23-17-20-19-15(22-17)10-6-9-14-7-4-3-5-8-14/h3-5,7-8H,6,9-11H2,1-2H3. The molecule has 0 radical (unpaired) electrons. The minimum atomic E-state index is 0.563. The molecule has 2 aromatic heterocycles. The summed E-state index contributed by atoms with van der Waals surface area (Å²) < 4.78 is 11.2. The molecule has 0 unspecified atom stereocenters. The van der Waals surface area contributed by atoms with Crippen LogP contribution in [0.4, 0.5) is 0 Å². The van der Waals surface area contributed by atoms with E-state index in [1.807, 2.05) is 19.9 Å². The summed E-state index contributed by atoms with van der Waals surface area (Å²) in [4.78, 5) is 4.34. The average Bonchev–Trinajstić information content (AvgIpc) is 3.13. The van der Waals surface area contributed by atoms with Crippen LogP contribution in [0, 0.1) is 13.8 Å². The van der Waals surface area contributed by atoms with Crippen LogP contribution in [0.3, 0.4) is 0 Å². The SMILES string of the molecule is Cc1nc(CSc2nnc(CCCc3ccccc3)o2)oc1C. The van der Waals surface area contributed by atoms with E-state index in [-0.39, 0.29) is 0 Å². The lowest BCUT2D eigenvalue weighted by Gasteiger charge is -1.98. The maximum Gasteiger partial charge on any atom is 0.277 e. The van der Waals surface area contributed by atoms with Crippen molar-refractivity contribution in [3.63, 3.8) is 0 Å². The highest BCUT2D eigenvalue weighted by Crippen LogP contribution is 2.22. The van der Waals surface area contributed by atoms with Gasteiger partial charge in [0.05, 0.1) is 11.4 Å². The third kappa shape index (κ3) is 4.45. The molecule has 0 aliphatic rings. The summed E-state index contributed by atoms with van der Waals surface area (Å²) in [7, 11) is 0. The zero-order chi connectivity index (χ0) is 16.1. The fraction of sp³-hybridized carbons (Fsp3) is 0.353. The molecule has 0 atom stereocenters. The molecule has 0 bridgehead atoms. The summed E-state index contributed by atoms with van der Waals surface area (Å²) in [6.45, 7) is 3.85. The molecule has 0 amide bonds. The highest BCUT2D eigenvalue weighted by atomic mass is 32.2. The van der Waals surface area contributed by atoms with Gasteiger partial charge in [-0.2, -0.15) is 0 Å². The van der Waals surface area contributed by atoms with Crippen LogP contribution < -0.4 is 0 Å². The van der Waals surface area contributed by atoms with E-state index < -0.39 is 0 Å². The molecule has 120 valence electrons. The molecule has 0 spiro atoms. The van der Waals surface area contributed by atoms with E-state index in [9.17, 15) is 0 Å². The quantitative estimate of drug-likeness (QED) is 0.607. The molecular weight excluding hydrogens is 310 g/mol. The Morgan fingerprint density at radius 1 is 0.957 bits per heavy atom. The zero-order valence-electron chi connectivity index (χ0n) is 13.3. The van der Waals surface area contributed by atoms with E-state index in [0.29, 0.717) is 22.8 Å². The summed E-state index contributed by atoms with van der Waals surface area (Å²) in [5.74, 6) is 2.82. The Balaban J connectivity index is 1.46. The first-order valence-electron chi connectivity index (χ1n) is 7.63. The smallest absolute Gasteiger partial charge is 0.277 e. The lowest BCUT2D eigenvalue weighted by molar-refractivity contribution is 0.408. The minimum Gasteiger partial charge on any atom is -0.445 e. The third-order valence-corrected chi connectivity index (χ3v) is 4.34. The normalized spacial score (nSPS) is 11.0. The molecule has 6 heteroatoms. The number of aromatic nitrogens is 3. The number of oxazole rings is 1. The van der Waals surface area contributed by atoms with Crippen molar-refractivity contribution >= 4 is 11.8 Å². The molecular formula is C17H19N3O2S. The average molecular weight is 329 g/mol. The molecule has 0 aliphatic heterocycles. The second-order valence-electron chi connectivity index (χ2n) is 5.34. The first-order valence-corrected chi connectivity index (χ1v) is 8.61. The number of thioether (sulfide) groups is 1. The summed E-state index contributed by atoms with van der Waals surface area (Å²) >= 11 is 1.45. The fourth-order valence-electron chi connectivity index (χ4n) is 2.21. The van der Waals surface area contributed by atoms with Crippen LogP contribution in [0.15, 0.2) is 44.4 Å². The van der Waals surface area contributed by atoms with Crippen LogP contribution in [0.25, 0.3) is 0 Å². The van der Waals surface area contributed by atoms with Crippen molar-refractivity contribution < 1.29 is 8.83 Å². The zero-order valence-corrected chi connectivity index (χ0v) is 14.1. The van der Waals surface area contributed by atoms with Crippen LogP contribution >= 0.6 is 11.8 Å². The van der Waals surface area contributed by atoms with Gasteiger partial charge in [-0.25, -0.2) is 4.98 Å². The van der Waals surface area contributed by atoms with Crippen molar-refractivity contribution in [1.82, 2.24) is 15.2 Å².